The molecule has 0 fully saturated rings. The lowest BCUT2D eigenvalue weighted by Crippen LogP contribution is -1.94. The first-order chi connectivity index (χ1) is 19.6. The number of carbonyl (C=O) groups excluding carboxylic acids is 2. The molecule has 0 aliphatic carbocycles. The van der Waals surface area contributed by atoms with Crippen LogP contribution in [0.1, 0.15) is 66.2 Å². The van der Waals surface area contributed by atoms with Crippen LogP contribution in [0.5, 0.6) is 0 Å². The molecule has 0 N–H and O–H groups in total. The molecule has 1 heterocycles. The van der Waals surface area contributed by atoms with E-state index in [1.54, 1.807) is 0 Å². The van der Waals surface area contributed by atoms with Crippen LogP contribution in [0.4, 0.5) is 25.2 Å². The van der Waals surface area contributed by atoms with E-state index in [1.165, 1.54) is 27.7 Å². The lowest BCUT2D eigenvalue weighted by atomic mass is 10.5. The topological polar surface area (TPSA) is 145 Å². The van der Waals surface area contributed by atoms with Gasteiger partial charge in [-0.3, -0.25) is 0 Å². The van der Waals surface area contributed by atoms with Gasteiger partial charge >= 0.3 is 31.0 Å². The maximum atomic E-state index is 16.4. The predicted molar refractivity (Wildman–Crippen MR) is 159 cm³/mol. The van der Waals surface area contributed by atoms with E-state index < -0.39 is 97.6 Å². The second kappa shape index (κ2) is 18.3. The first-order valence-electron chi connectivity index (χ1n) is 13.0. The van der Waals surface area contributed by atoms with E-state index in [0.717, 1.165) is 0 Å². The van der Waals surface area contributed by atoms with E-state index in [9.17, 15) is 9.59 Å². The second-order valence-corrected chi connectivity index (χ2v) is 21.0. The average Bonchev–Trinajstić information content (AvgIpc) is 2.89. The molecular weight excluding hydrogens is 696 g/mol. The van der Waals surface area contributed by atoms with Gasteiger partial charge in [-0.1, -0.05) is 27.7 Å². The van der Waals surface area contributed by atoms with Gasteiger partial charge in [-0.2, -0.15) is 38.7 Å². The quantitative estimate of drug-likeness (QED) is 0.0778. The van der Waals surface area contributed by atoms with Gasteiger partial charge in [0.2, 0.25) is 0 Å². The first-order valence-corrected chi connectivity index (χ1v) is 22.6. The van der Waals surface area contributed by atoms with Crippen LogP contribution in [0, 0.1) is 0 Å². The van der Waals surface area contributed by atoms with Crippen molar-refractivity contribution in [2.24, 2.45) is 27.1 Å². The number of hydrogen-bond acceptors (Lipinski definition) is 12. The maximum Gasteiger partial charge on any atom is 0.387 e. The van der Waals surface area contributed by atoms with Crippen molar-refractivity contribution in [2.75, 3.05) is 38.8 Å². The van der Waals surface area contributed by atoms with Crippen LogP contribution in [0.15, 0.2) is 27.1 Å². The van der Waals surface area contributed by atoms with Gasteiger partial charge in [0.25, 0.3) is 15.0 Å². The van der Waals surface area contributed by atoms with Crippen molar-refractivity contribution in [3.05, 3.63) is 0 Å². The molecule has 1 aliphatic heterocycles. The van der Waals surface area contributed by atoms with Crippen LogP contribution in [0.2, 0.25) is 0 Å². The third kappa shape index (κ3) is 14.1. The summed E-state index contributed by atoms with van der Waals surface area (Å²) in [6.45, 7) is 4.18. The monoisotopic (exact) mass is 734 g/mol. The highest BCUT2D eigenvalue weighted by Gasteiger charge is 2.41. The van der Waals surface area contributed by atoms with Crippen molar-refractivity contribution in [1.82, 2.24) is 0 Å². The number of aldehydes is 2. The molecule has 0 spiro atoms. The molecule has 0 aromatic rings. The minimum Gasteiger partial charge on any atom is -0.303 e. The Balaban J connectivity index is 4.55. The Morgan fingerprint density at radius 1 is 0.476 bits per heavy atom. The largest absolute Gasteiger partial charge is 0.387 e. The molecule has 1 rings (SSSR count). The second-order valence-electron chi connectivity index (χ2n) is 8.41. The van der Waals surface area contributed by atoms with Gasteiger partial charge in [-0.05, 0) is 25.7 Å². The molecule has 248 valence electrons. The number of halogens is 6. The van der Waals surface area contributed by atoms with Gasteiger partial charge in [0.1, 0.15) is 12.6 Å². The molecule has 0 aromatic heterocycles. The number of carbonyl (C=O) groups is 2. The number of hydrogen-bond donors (Lipinski definition) is 0. The Morgan fingerprint density at radius 3 is 1.07 bits per heavy atom. The molecule has 1 aliphatic rings. The molecule has 42 heavy (non-hydrogen) atoms. The van der Waals surface area contributed by atoms with Gasteiger partial charge in [-0.25, -0.2) is 0 Å². The zero-order valence-corrected chi connectivity index (χ0v) is 29.1. The Hall–Kier alpha value is 0.140. The van der Waals surface area contributed by atoms with E-state index in [0.29, 0.717) is 0 Å². The van der Waals surface area contributed by atoms with Crippen LogP contribution >= 0.6 is 46.0 Å². The normalized spacial score (nSPS) is 35.5. The minimum absolute atomic E-state index is 0.109. The highest BCUT2D eigenvalue weighted by atomic mass is 31.3. The van der Waals surface area contributed by atoms with Gasteiger partial charge in [0.15, 0.2) is 0 Å². The lowest BCUT2D eigenvalue weighted by molar-refractivity contribution is -0.108. The van der Waals surface area contributed by atoms with Crippen LogP contribution in [-0.2, 0) is 27.7 Å². The fourth-order valence-electron chi connectivity index (χ4n) is 2.71. The smallest absolute Gasteiger partial charge is 0.303 e. The van der Waals surface area contributed by atoms with Crippen LogP contribution in [0.3, 0.4) is 0 Å². The Labute approximate surface area is 243 Å². The van der Waals surface area contributed by atoms with Crippen molar-refractivity contribution < 1.29 is 52.9 Å². The minimum atomic E-state index is -5.55. The summed E-state index contributed by atoms with van der Waals surface area (Å²) in [5.74, 6) is 0. The fraction of sp³-hybridized carbons (Fsp3) is 0.889. The van der Waals surface area contributed by atoms with Crippen molar-refractivity contribution in [1.29, 1.82) is 0 Å². The van der Waals surface area contributed by atoms with E-state index >= 15 is 25.2 Å². The summed E-state index contributed by atoms with van der Waals surface area (Å²) < 4.78 is 138. The lowest BCUT2D eigenvalue weighted by Gasteiger charge is -2.23. The molecule has 0 aromatic carbocycles. The zero-order valence-electron chi connectivity index (χ0n) is 23.7. The van der Waals surface area contributed by atoms with Crippen LogP contribution in [0.25, 0.3) is 0 Å². The Kier molecular flexibility index (Phi) is 17.5. The molecule has 24 heteroatoms. The molecule has 0 bridgehead atoms. The summed E-state index contributed by atoms with van der Waals surface area (Å²) in [6, 6.07) is 0. The fourth-order valence-corrected chi connectivity index (χ4v) is 18.8. The summed E-state index contributed by atoms with van der Waals surface area (Å²) >= 11 is 0. The Morgan fingerprint density at radius 2 is 0.762 bits per heavy atom. The van der Waals surface area contributed by atoms with E-state index in [1.807, 2.05) is 0 Å². The molecule has 0 amide bonds. The van der Waals surface area contributed by atoms with Crippen molar-refractivity contribution in [3.63, 3.8) is 0 Å². The summed E-state index contributed by atoms with van der Waals surface area (Å²) in [5, 5.41) is 0. The molecular formula is C18H38F6N6O6P6. The van der Waals surface area contributed by atoms with Crippen LogP contribution < -0.4 is 0 Å². The average molecular weight is 734 g/mol. The maximum absolute atomic E-state index is 16.4. The highest BCUT2D eigenvalue weighted by molar-refractivity contribution is 7.80. The van der Waals surface area contributed by atoms with E-state index in [4.69, 9.17) is 18.1 Å². The van der Waals surface area contributed by atoms with E-state index in [2.05, 4.69) is 27.1 Å². The number of nitrogens with zero attached hydrogens (tertiary/aromatic N) is 6. The van der Waals surface area contributed by atoms with E-state index in [-0.39, 0.29) is 38.3 Å². The molecule has 0 saturated carbocycles. The van der Waals surface area contributed by atoms with Gasteiger partial charge < -0.3 is 27.7 Å². The summed E-state index contributed by atoms with van der Waals surface area (Å²) in [6.07, 6.45) is -2.41. The van der Waals surface area contributed by atoms with Gasteiger partial charge in [0, 0.05) is 25.2 Å². The third-order valence-corrected chi connectivity index (χ3v) is 19.5. The molecule has 6 unspecified atom stereocenters. The molecule has 0 radical (unpaired) electrons. The first kappa shape index (κ1) is 40.2. The summed E-state index contributed by atoms with van der Waals surface area (Å²) in [5.41, 5.74) is 0. The standard InChI is InChI=1S/C18H38F6N6O6P6/c1-5-13-33-39(21)26-37(19,17-9-11-31)25-38(20,18-10-12-32)27-40(22,34-14-6-2)29-42(24,36-16-8-4)30-41(23,28-39)35-15-7-3/h11-12H,5-10,13-18H2,1-4H3. The molecule has 12 nitrogen and oxygen atoms in total. The van der Waals surface area contributed by atoms with Crippen molar-refractivity contribution in [3.8, 4) is 0 Å². The number of rotatable bonds is 18. The summed E-state index contributed by atoms with van der Waals surface area (Å²) in [7, 11) is -32.6. The zero-order chi connectivity index (χ0) is 32.0. The highest BCUT2D eigenvalue weighted by Crippen LogP contribution is 2.82. The predicted octanol–water partition coefficient (Wildman–Crippen LogP) is 12.5. The van der Waals surface area contributed by atoms with Crippen molar-refractivity contribution in [2.45, 2.75) is 66.2 Å². The molecule has 6 atom stereocenters. The Bertz CT molecular complexity index is 1230. The van der Waals surface area contributed by atoms with Gasteiger partial charge in [0.05, 0.1) is 26.4 Å². The van der Waals surface area contributed by atoms with Crippen LogP contribution in [-0.4, -0.2) is 51.3 Å². The molecule has 0 saturated heterocycles. The van der Waals surface area contributed by atoms with Crippen molar-refractivity contribution >= 4 is 58.6 Å². The van der Waals surface area contributed by atoms with Gasteiger partial charge in [-0.15, -0.1) is 13.5 Å². The summed E-state index contributed by atoms with van der Waals surface area (Å²) in [4.78, 5) is 22.2. The SMILES string of the molecule is CCCOP1(F)=NP(F)(CCC=O)=NP(F)(CCC=O)=NP(F)(OCCC)=NP(F)(OCCC)=NP(F)(OCCC)=N1. The third-order valence-electron chi connectivity index (χ3n) is 4.33.